The molecule has 2 aromatic rings. The summed E-state index contributed by atoms with van der Waals surface area (Å²) >= 11 is 0. The first kappa shape index (κ1) is 11.6. The highest BCUT2D eigenvalue weighted by molar-refractivity contribution is 6.50. The Morgan fingerprint density at radius 3 is 1.95 bits per heavy atom. The second-order valence-electron chi connectivity index (χ2n) is 4.54. The maximum absolute atomic E-state index is 12.1. The van der Waals surface area contributed by atoms with E-state index >= 15 is 0 Å². The molecule has 1 atom stereocenters. The number of Topliss-reactive ketones (excluding diaryl/α,β-unsaturated/α-hetero) is 1. The van der Waals surface area contributed by atoms with E-state index in [2.05, 4.69) is 0 Å². The number of carbonyl (C=O) groups is 2. The maximum atomic E-state index is 12.1. The van der Waals surface area contributed by atoms with Gasteiger partial charge in [-0.05, 0) is 22.8 Å². The number of benzene rings is 2. The fourth-order valence-electron chi connectivity index (χ4n) is 2.44. The minimum Gasteiger partial charge on any atom is -0.289 e. The standard InChI is InChI=1S/C17H12O2/c18-15-11-14(12-7-3-1-4-8-12)16(17(15)19)13-9-5-2-6-10-13/h1-11,16H/t16-/m0/s1. The van der Waals surface area contributed by atoms with Crippen LogP contribution in [0.4, 0.5) is 0 Å². The SMILES string of the molecule is O=C1C=C(c2ccccc2)[C@H](c2ccccc2)C1=O. The van der Waals surface area contributed by atoms with Crippen molar-refractivity contribution in [1.82, 2.24) is 0 Å². The van der Waals surface area contributed by atoms with Crippen molar-refractivity contribution in [3.05, 3.63) is 77.9 Å². The van der Waals surface area contributed by atoms with Gasteiger partial charge in [-0.15, -0.1) is 0 Å². The molecule has 0 fully saturated rings. The fraction of sp³-hybridized carbons (Fsp3) is 0.0588. The summed E-state index contributed by atoms with van der Waals surface area (Å²) in [6.45, 7) is 0. The summed E-state index contributed by atoms with van der Waals surface area (Å²) in [6, 6.07) is 19.0. The molecule has 0 aromatic heterocycles. The molecule has 0 saturated carbocycles. The largest absolute Gasteiger partial charge is 0.289 e. The van der Waals surface area contributed by atoms with Crippen LogP contribution in [-0.4, -0.2) is 11.6 Å². The second-order valence-corrected chi connectivity index (χ2v) is 4.54. The molecule has 92 valence electrons. The van der Waals surface area contributed by atoms with Crippen molar-refractivity contribution in [3.8, 4) is 0 Å². The Hall–Kier alpha value is -2.48. The molecule has 19 heavy (non-hydrogen) atoms. The molecule has 0 spiro atoms. The number of hydrogen-bond donors (Lipinski definition) is 0. The van der Waals surface area contributed by atoms with Crippen LogP contribution in [-0.2, 0) is 9.59 Å². The van der Waals surface area contributed by atoms with Crippen LogP contribution in [0, 0.1) is 0 Å². The van der Waals surface area contributed by atoms with Gasteiger partial charge in [0.2, 0.25) is 11.6 Å². The van der Waals surface area contributed by atoms with Gasteiger partial charge in [-0.2, -0.15) is 0 Å². The topological polar surface area (TPSA) is 34.1 Å². The number of rotatable bonds is 2. The Kier molecular flexibility index (Phi) is 2.84. The lowest BCUT2D eigenvalue weighted by Crippen LogP contribution is -2.14. The van der Waals surface area contributed by atoms with E-state index in [0.717, 1.165) is 16.7 Å². The van der Waals surface area contributed by atoms with E-state index in [9.17, 15) is 9.59 Å². The van der Waals surface area contributed by atoms with Gasteiger partial charge in [0, 0.05) is 0 Å². The molecule has 0 aliphatic heterocycles. The Morgan fingerprint density at radius 2 is 1.32 bits per heavy atom. The zero-order valence-electron chi connectivity index (χ0n) is 10.2. The molecule has 1 aliphatic rings. The Labute approximate surface area is 111 Å². The first-order chi connectivity index (χ1) is 9.27. The molecular formula is C17H12O2. The molecule has 0 radical (unpaired) electrons. The minimum atomic E-state index is -0.462. The lowest BCUT2D eigenvalue weighted by atomic mass is 9.88. The van der Waals surface area contributed by atoms with Crippen molar-refractivity contribution in [3.63, 3.8) is 0 Å². The highest BCUT2D eigenvalue weighted by Crippen LogP contribution is 2.37. The first-order valence-electron chi connectivity index (χ1n) is 6.17. The first-order valence-corrected chi connectivity index (χ1v) is 6.17. The van der Waals surface area contributed by atoms with Gasteiger partial charge in [0.25, 0.3) is 0 Å². The van der Waals surface area contributed by atoms with E-state index in [1.165, 1.54) is 6.08 Å². The zero-order valence-corrected chi connectivity index (χ0v) is 10.2. The van der Waals surface area contributed by atoms with E-state index in [1.807, 2.05) is 60.7 Å². The summed E-state index contributed by atoms with van der Waals surface area (Å²) in [5, 5.41) is 0. The number of ketones is 2. The maximum Gasteiger partial charge on any atom is 0.222 e. The molecule has 0 saturated heterocycles. The fourth-order valence-corrected chi connectivity index (χ4v) is 2.44. The third-order valence-electron chi connectivity index (χ3n) is 3.34. The molecule has 2 nitrogen and oxygen atoms in total. The number of allylic oxidation sites excluding steroid dienone is 2. The average Bonchev–Trinajstić information content (AvgIpc) is 2.77. The van der Waals surface area contributed by atoms with Gasteiger partial charge in [0.15, 0.2) is 0 Å². The predicted octanol–water partition coefficient (Wildman–Crippen LogP) is 3.01. The average molecular weight is 248 g/mol. The highest BCUT2D eigenvalue weighted by Gasteiger charge is 2.35. The van der Waals surface area contributed by atoms with Gasteiger partial charge in [0.1, 0.15) is 0 Å². The van der Waals surface area contributed by atoms with Crippen molar-refractivity contribution >= 4 is 17.1 Å². The van der Waals surface area contributed by atoms with Crippen LogP contribution in [0.2, 0.25) is 0 Å². The van der Waals surface area contributed by atoms with Gasteiger partial charge in [-0.1, -0.05) is 60.7 Å². The second kappa shape index (κ2) is 4.65. The van der Waals surface area contributed by atoms with E-state index in [4.69, 9.17) is 0 Å². The van der Waals surface area contributed by atoms with Gasteiger partial charge in [-0.3, -0.25) is 9.59 Å². The van der Waals surface area contributed by atoms with E-state index in [0.29, 0.717) is 0 Å². The Bertz CT molecular complexity index is 654. The molecule has 0 amide bonds. The molecule has 2 aromatic carbocycles. The van der Waals surface area contributed by atoms with Crippen LogP contribution in [0.1, 0.15) is 17.0 Å². The summed E-state index contributed by atoms with van der Waals surface area (Å²) in [4.78, 5) is 23.8. The van der Waals surface area contributed by atoms with Crippen LogP contribution in [0.25, 0.3) is 5.57 Å². The quantitative estimate of drug-likeness (QED) is 0.765. The molecule has 0 unspecified atom stereocenters. The molecule has 1 aliphatic carbocycles. The minimum absolute atomic E-state index is 0.343. The van der Waals surface area contributed by atoms with E-state index in [-0.39, 0.29) is 5.78 Å². The van der Waals surface area contributed by atoms with E-state index < -0.39 is 11.7 Å². The normalized spacial score (nSPS) is 18.5. The van der Waals surface area contributed by atoms with Crippen LogP contribution >= 0.6 is 0 Å². The highest BCUT2D eigenvalue weighted by atomic mass is 16.2. The summed E-state index contributed by atoms with van der Waals surface area (Å²) in [5.41, 5.74) is 2.59. The van der Waals surface area contributed by atoms with Crippen LogP contribution in [0.5, 0.6) is 0 Å². The van der Waals surface area contributed by atoms with Crippen LogP contribution in [0.3, 0.4) is 0 Å². The molecular weight excluding hydrogens is 236 g/mol. The summed E-state index contributed by atoms with van der Waals surface area (Å²) in [7, 11) is 0. The van der Waals surface area contributed by atoms with Crippen molar-refractivity contribution < 1.29 is 9.59 Å². The molecule has 0 N–H and O–H groups in total. The van der Waals surface area contributed by atoms with Crippen molar-refractivity contribution in [2.45, 2.75) is 5.92 Å². The number of hydrogen-bond acceptors (Lipinski definition) is 2. The zero-order chi connectivity index (χ0) is 13.2. The molecule has 0 heterocycles. The van der Waals surface area contributed by atoms with Gasteiger partial charge >= 0.3 is 0 Å². The summed E-state index contributed by atoms with van der Waals surface area (Å²) < 4.78 is 0. The van der Waals surface area contributed by atoms with Crippen LogP contribution < -0.4 is 0 Å². The van der Waals surface area contributed by atoms with Crippen molar-refractivity contribution in [1.29, 1.82) is 0 Å². The predicted molar refractivity (Wildman–Crippen MR) is 73.6 cm³/mol. The summed E-state index contributed by atoms with van der Waals surface area (Å²) in [6.07, 6.45) is 1.47. The third kappa shape index (κ3) is 2.02. The smallest absolute Gasteiger partial charge is 0.222 e. The van der Waals surface area contributed by atoms with Crippen molar-refractivity contribution in [2.75, 3.05) is 0 Å². The molecule has 3 rings (SSSR count). The van der Waals surface area contributed by atoms with Gasteiger partial charge in [-0.25, -0.2) is 0 Å². The van der Waals surface area contributed by atoms with E-state index in [1.54, 1.807) is 0 Å². The molecule has 2 heteroatoms. The molecule has 0 bridgehead atoms. The monoisotopic (exact) mass is 248 g/mol. The third-order valence-corrected chi connectivity index (χ3v) is 3.34. The number of carbonyl (C=O) groups excluding carboxylic acids is 2. The lowest BCUT2D eigenvalue weighted by molar-refractivity contribution is -0.133. The Balaban J connectivity index is 2.10. The summed E-state index contributed by atoms with van der Waals surface area (Å²) in [5.74, 6) is -1.21. The van der Waals surface area contributed by atoms with Gasteiger partial charge < -0.3 is 0 Å². The van der Waals surface area contributed by atoms with Crippen molar-refractivity contribution in [2.24, 2.45) is 0 Å². The Morgan fingerprint density at radius 1 is 0.737 bits per heavy atom. The van der Waals surface area contributed by atoms with Crippen LogP contribution in [0.15, 0.2) is 66.7 Å². The van der Waals surface area contributed by atoms with Gasteiger partial charge in [0.05, 0.1) is 5.92 Å². The lowest BCUT2D eigenvalue weighted by Gasteiger charge is -2.13.